The van der Waals surface area contributed by atoms with Gasteiger partial charge < -0.3 is 5.11 Å². The van der Waals surface area contributed by atoms with Gasteiger partial charge in [0.05, 0.1) is 0 Å². The van der Waals surface area contributed by atoms with Gasteiger partial charge in [-0.1, -0.05) is 20.8 Å². The van der Waals surface area contributed by atoms with Crippen LogP contribution in [0.25, 0.3) is 0 Å². The number of carboxylic acid groups (broad SMARTS) is 1. The number of aliphatic carboxylic acids is 1. The first kappa shape index (κ1) is 16.4. The zero-order chi connectivity index (χ0) is 15.4. The first-order valence-electron chi connectivity index (χ1n) is 7.02. The summed E-state index contributed by atoms with van der Waals surface area (Å²) in [5.41, 5.74) is 2.12. The highest BCUT2D eigenvalue weighted by Crippen LogP contribution is 2.16. The molecule has 1 heterocycles. The van der Waals surface area contributed by atoms with Gasteiger partial charge in [-0.25, -0.2) is 4.79 Å². The molecule has 5 nitrogen and oxygen atoms in total. The van der Waals surface area contributed by atoms with E-state index in [2.05, 4.69) is 25.8 Å². The van der Waals surface area contributed by atoms with E-state index < -0.39 is 5.97 Å². The molecule has 0 bridgehead atoms. The zero-order valence-corrected chi connectivity index (χ0v) is 12.9. The zero-order valence-electron chi connectivity index (χ0n) is 12.9. The van der Waals surface area contributed by atoms with Crippen molar-refractivity contribution < 1.29 is 9.90 Å². The molecule has 0 aliphatic heterocycles. The lowest BCUT2D eigenvalue weighted by atomic mass is 9.97. The van der Waals surface area contributed by atoms with E-state index in [0.717, 1.165) is 11.3 Å². The number of aryl methyl sites for hydroxylation is 1. The van der Waals surface area contributed by atoms with E-state index in [1.165, 1.54) is 0 Å². The minimum Gasteiger partial charge on any atom is -0.481 e. The van der Waals surface area contributed by atoms with Crippen LogP contribution in [0.5, 0.6) is 0 Å². The number of hydrogen-bond acceptors (Lipinski definition) is 3. The maximum atomic E-state index is 12.0. The maximum Gasteiger partial charge on any atom is 0.347 e. The third kappa shape index (κ3) is 3.92. The highest BCUT2D eigenvalue weighted by Gasteiger charge is 2.15. The average molecular weight is 280 g/mol. The summed E-state index contributed by atoms with van der Waals surface area (Å²) in [5, 5.41) is 8.81. The van der Waals surface area contributed by atoms with Crippen molar-refractivity contribution in [2.75, 3.05) is 0 Å². The van der Waals surface area contributed by atoms with Crippen molar-refractivity contribution in [2.24, 2.45) is 11.8 Å². The first-order chi connectivity index (χ1) is 9.23. The molecule has 0 fully saturated rings. The largest absolute Gasteiger partial charge is 0.481 e. The standard InChI is InChI=1S/C15H24N2O3/c1-9(2)10(3)8-17-12(5)13(6-7-14(18)19)11(4)16-15(17)20/h9-10H,6-8H2,1-5H3,(H,18,19). The average Bonchev–Trinajstić information content (AvgIpc) is 2.33. The summed E-state index contributed by atoms with van der Waals surface area (Å²) in [4.78, 5) is 26.8. The highest BCUT2D eigenvalue weighted by molar-refractivity contribution is 5.67. The van der Waals surface area contributed by atoms with Crippen molar-refractivity contribution in [3.05, 3.63) is 27.4 Å². The summed E-state index contributed by atoms with van der Waals surface area (Å²) in [6.07, 6.45) is 0.470. The summed E-state index contributed by atoms with van der Waals surface area (Å²) in [5.74, 6) is 0.00500. The Bertz CT molecular complexity index is 547. The van der Waals surface area contributed by atoms with Crippen LogP contribution in [0.2, 0.25) is 0 Å². The van der Waals surface area contributed by atoms with Crippen LogP contribution >= 0.6 is 0 Å². The molecule has 1 unspecified atom stereocenters. The molecule has 0 aliphatic carbocycles. The van der Waals surface area contributed by atoms with Crippen LogP contribution in [-0.2, 0) is 17.8 Å². The minimum atomic E-state index is -0.836. The summed E-state index contributed by atoms with van der Waals surface area (Å²) < 4.78 is 1.68. The molecule has 0 aliphatic rings. The number of carboxylic acids is 1. The number of aromatic nitrogens is 2. The Morgan fingerprint density at radius 1 is 1.30 bits per heavy atom. The second-order valence-electron chi connectivity index (χ2n) is 5.77. The molecule has 0 saturated heterocycles. The fourth-order valence-electron chi connectivity index (χ4n) is 2.15. The third-order valence-electron chi connectivity index (χ3n) is 3.97. The SMILES string of the molecule is Cc1nc(=O)n(CC(C)C(C)C)c(C)c1CCC(=O)O. The number of nitrogens with zero attached hydrogens (tertiary/aromatic N) is 2. The van der Waals surface area contributed by atoms with Crippen molar-refractivity contribution >= 4 is 5.97 Å². The predicted octanol–water partition coefficient (Wildman–Crippen LogP) is 2.17. The third-order valence-corrected chi connectivity index (χ3v) is 3.97. The molecular weight excluding hydrogens is 256 g/mol. The lowest BCUT2D eigenvalue weighted by molar-refractivity contribution is -0.136. The molecule has 1 aromatic rings. The van der Waals surface area contributed by atoms with Gasteiger partial charge in [0, 0.05) is 24.4 Å². The van der Waals surface area contributed by atoms with Gasteiger partial charge in [-0.2, -0.15) is 4.98 Å². The summed E-state index contributed by atoms with van der Waals surface area (Å²) in [7, 11) is 0. The fraction of sp³-hybridized carbons (Fsp3) is 0.667. The molecule has 0 aromatic carbocycles. The molecule has 0 spiro atoms. The van der Waals surface area contributed by atoms with Gasteiger partial charge >= 0.3 is 11.7 Å². The summed E-state index contributed by atoms with van der Waals surface area (Å²) >= 11 is 0. The van der Waals surface area contributed by atoms with E-state index in [1.807, 2.05) is 6.92 Å². The van der Waals surface area contributed by atoms with E-state index in [9.17, 15) is 9.59 Å². The van der Waals surface area contributed by atoms with Crippen LogP contribution in [0.1, 0.15) is 44.1 Å². The van der Waals surface area contributed by atoms with Gasteiger partial charge in [-0.3, -0.25) is 9.36 Å². The Labute approximate surface area is 119 Å². The molecule has 5 heteroatoms. The molecule has 1 rings (SSSR count). The molecule has 1 aromatic heterocycles. The van der Waals surface area contributed by atoms with Crippen LogP contribution < -0.4 is 5.69 Å². The van der Waals surface area contributed by atoms with Crippen LogP contribution in [0.4, 0.5) is 0 Å². The Morgan fingerprint density at radius 2 is 1.90 bits per heavy atom. The van der Waals surface area contributed by atoms with Crippen LogP contribution in [0.15, 0.2) is 4.79 Å². The lowest BCUT2D eigenvalue weighted by Gasteiger charge is -2.20. The monoisotopic (exact) mass is 280 g/mol. The van der Waals surface area contributed by atoms with Crippen LogP contribution in [-0.4, -0.2) is 20.6 Å². The van der Waals surface area contributed by atoms with Gasteiger partial charge in [-0.05, 0) is 37.7 Å². The van der Waals surface area contributed by atoms with Gasteiger partial charge in [0.15, 0.2) is 0 Å². The van der Waals surface area contributed by atoms with Gasteiger partial charge in [0.25, 0.3) is 0 Å². The Hall–Kier alpha value is -1.65. The molecule has 1 N–H and O–H groups in total. The van der Waals surface area contributed by atoms with Crippen LogP contribution in [0, 0.1) is 25.7 Å². The second-order valence-corrected chi connectivity index (χ2v) is 5.77. The molecule has 20 heavy (non-hydrogen) atoms. The van der Waals surface area contributed by atoms with Crippen molar-refractivity contribution in [1.29, 1.82) is 0 Å². The molecule has 0 amide bonds. The fourth-order valence-corrected chi connectivity index (χ4v) is 2.15. The predicted molar refractivity (Wildman–Crippen MR) is 77.9 cm³/mol. The van der Waals surface area contributed by atoms with Crippen molar-refractivity contribution in [1.82, 2.24) is 9.55 Å². The first-order valence-corrected chi connectivity index (χ1v) is 7.02. The van der Waals surface area contributed by atoms with Crippen LogP contribution in [0.3, 0.4) is 0 Å². The van der Waals surface area contributed by atoms with Crippen molar-refractivity contribution in [3.63, 3.8) is 0 Å². The van der Waals surface area contributed by atoms with Crippen molar-refractivity contribution in [2.45, 2.75) is 54.0 Å². The normalized spacial score (nSPS) is 12.7. The number of hydrogen-bond donors (Lipinski definition) is 1. The Kier molecular flexibility index (Phi) is 5.48. The van der Waals surface area contributed by atoms with E-state index in [0.29, 0.717) is 30.5 Å². The topological polar surface area (TPSA) is 72.2 Å². The van der Waals surface area contributed by atoms with E-state index in [-0.39, 0.29) is 12.1 Å². The lowest BCUT2D eigenvalue weighted by Crippen LogP contribution is -2.31. The summed E-state index contributed by atoms with van der Waals surface area (Å²) in [6.45, 7) is 10.6. The maximum absolute atomic E-state index is 12.0. The quantitative estimate of drug-likeness (QED) is 0.866. The van der Waals surface area contributed by atoms with E-state index in [1.54, 1.807) is 11.5 Å². The molecule has 0 saturated carbocycles. The molecular formula is C15H24N2O3. The smallest absolute Gasteiger partial charge is 0.347 e. The van der Waals surface area contributed by atoms with Gasteiger partial charge in [0.1, 0.15) is 0 Å². The highest BCUT2D eigenvalue weighted by atomic mass is 16.4. The van der Waals surface area contributed by atoms with Gasteiger partial charge in [0.2, 0.25) is 0 Å². The number of carbonyl (C=O) groups is 1. The Balaban J connectivity index is 3.15. The van der Waals surface area contributed by atoms with Gasteiger partial charge in [-0.15, -0.1) is 0 Å². The molecule has 0 radical (unpaired) electrons. The second kappa shape index (κ2) is 6.68. The number of rotatable bonds is 6. The van der Waals surface area contributed by atoms with Crippen molar-refractivity contribution in [3.8, 4) is 0 Å². The molecule has 1 atom stereocenters. The minimum absolute atomic E-state index is 0.0568. The van der Waals surface area contributed by atoms with E-state index in [4.69, 9.17) is 5.11 Å². The molecule has 112 valence electrons. The Morgan fingerprint density at radius 3 is 2.40 bits per heavy atom. The van der Waals surface area contributed by atoms with E-state index >= 15 is 0 Å². The summed E-state index contributed by atoms with van der Waals surface area (Å²) in [6, 6.07) is 0.